The zero-order valence-electron chi connectivity index (χ0n) is 31.0. The van der Waals surface area contributed by atoms with Crippen LogP contribution in [-0.2, 0) is 21.1 Å². The molecule has 0 aliphatic carbocycles. The predicted octanol–water partition coefficient (Wildman–Crippen LogP) is 5.69. The quantitative estimate of drug-likeness (QED) is 0.196. The number of pyridine rings is 3. The standard InChI is InChI=1S/2C7H9NO.C7H9N.C6H8N2O.C6H8N2.C5H6N2.CH4/c1-6-3-4-8(2)7(9)5-6;1-6-3-4-7(9)8(2)5-6;1-6-3-4-8-7(2)5-6;1-5-3-6(9)8(2)4-7-5;1-5-3-7-6(2)8-4-5;1-5-4-6-2-3-7-5;/h2*3-5H,1-2H3;3-5H,1-2H3;3-4H,1-2H3;3-4H,1-2H3;2-4H,1H3;1H4. The first-order valence-electron chi connectivity index (χ1n) is 15.7. The van der Waals surface area contributed by atoms with Gasteiger partial charge in [0.05, 0.1) is 12.0 Å². The van der Waals surface area contributed by atoms with Crippen LogP contribution < -0.4 is 16.7 Å². The molecule has 0 aliphatic heterocycles. The van der Waals surface area contributed by atoms with Crippen molar-refractivity contribution in [1.29, 1.82) is 0 Å². The largest absolute Gasteiger partial charge is 0.319 e. The van der Waals surface area contributed by atoms with Crippen molar-refractivity contribution in [3.05, 3.63) is 175 Å². The second kappa shape index (κ2) is 24.3. The maximum absolute atomic E-state index is 10.8. The van der Waals surface area contributed by atoms with Crippen LogP contribution in [0.1, 0.15) is 52.6 Å². The summed E-state index contributed by atoms with van der Waals surface area (Å²) in [6.07, 6.45) is 15.6. The molecule has 0 radical (unpaired) electrons. The molecule has 6 rings (SSSR count). The Labute approximate surface area is 301 Å². The molecule has 0 unspecified atom stereocenters. The normalized spacial score (nSPS) is 9.16. The second-order valence-corrected chi connectivity index (χ2v) is 11.4. The van der Waals surface area contributed by atoms with Gasteiger partial charge in [0, 0.05) is 100 Å². The van der Waals surface area contributed by atoms with Gasteiger partial charge in [-0.05, 0) is 95.8 Å². The lowest BCUT2D eigenvalue weighted by molar-refractivity contribution is 0.814. The lowest BCUT2D eigenvalue weighted by atomic mass is 10.3. The van der Waals surface area contributed by atoms with Gasteiger partial charge in [-0.3, -0.25) is 29.3 Å². The van der Waals surface area contributed by atoms with E-state index in [1.165, 1.54) is 22.5 Å². The molecule has 12 heteroatoms. The molecule has 6 heterocycles. The first kappa shape index (κ1) is 45.1. The Balaban J connectivity index is 0.000000587. The number of nitrogens with zero attached hydrogens (tertiary/aromatic N) is 9. The van der Waals surface area contributed by atoms with Crippen molar-refractivity contribution in [2.24, 2.45) is 21.1 Å². The first-order chi connectivity index (χ1) is 23.6. The van der Waals surface area contributed by atoms with Crippen LogP contribution >= 0.6 is 0 Å². The highest BCUT2D eigenvalue weighted by Gasteiger charge is 1.89. The molecule has 0 spiro atoms. The minimum absolute atomic E-state index is 0. The Bertz CT molecular complexity index is 1940. The van der Waals surface area contributed by atoms with Crippen molar-refractivity contribution in [3.8, 4) is 0 Å². The maximum atomic E-state index is 10.8. The summed E-state index contributed by atoms with van der Waals surface area (Å²) in [5.41, 5.74) is 7.40. The maximum Gasteiger partial charge on any atom is 0.253 e. The van der Waals surface area contributed by atoms with Gasteiger partial charge in [0.1, 0.15) is 5.82 Å². The van der Waals surface area contributed by atoms with Crippen LogP contribution in [-0.4, -0.2) is 43.6 Å². The average molecular weight is 696 g/mol. The van der Waals surface area contributed by atoms with Crippen molar-refractivity contribution in [1.82, 2.24) is 43.6 Å². The molecule has 0 saturated heterocycles. The molecule has 0 amide bonds. The molecular weight excluding hydrogens is 642 g/mol. The minimum atomic E-state index is -0.0116. The van der Waals surface area contributed by atoms with Gasteiger partial charge in [-0.1, -0.05) is 13.5 Å². The number of hydrogen-bond donors (Lipinski definition) is 0. The summed E-state index contributed by atoms with van der Waals surface area (Å²) in [6.45, 7) is 15.5. The fourth-order valence-electron chi connectivity index (χ4n) is 3.45. The molecule has 0 bridgehead atoms. The Morgan fingerprint density at radius 1 is 0.471 bits per heavy atom. The Kier molecular flexibility index (Phi) is 21.4. The number of rotatable bonds is 0. The summed E-state index contributed by atoms with van der Waals surface area (Å²) in [5.74, 6) is 0.829. The van der Waals surface area contributed by atoms with Gasteiger partial charge in [-0.25, -0.2) is 15.0 Å². The Morgan fingerprint density at radius 2 is 1.06 bits per heavy atom. The van der Waals surface area contributed by atoms with Gasteiger partial charge in [-0.2, -0.15) is 0 Å². The van der Waals surface area contributed by atoms with Gasteiger partial charge in [0.15, 0.2) is 0 Å². The van der Waals surface area contributed by atoms with Crippen LogP contribution in [0.15, 0.2) is 113 Å². The van der Waals surface area contributed by atoms with Crippen LogP contribution in [0, 0.1) is 55.4 Å². The van der Waals surface area contributed by atoms with Gasteiger partial charge < -0.3 is 13.7 Å². The van der Waals surface area contributed by atoms with Gasteiger partial charge in [-0.15, -0.1) is 0 Å². The van der Waals surface area contributed by atoms with Crippen molar-refractivity contribution in [3.63, 3.8) is 0 Å². The molecule has 51 heavy (non-hydrogen) atoms. The van der Waals surface area contributed by atoms with E-state index in [9.17, 15) is 14.4 Å². The summed E-state index contributed by atoms with van der Waals surface area (Å²) in [4.78, 5) is 55.9. The molecule has 0 N–H and O–H groups in total. The molecule has 6 aromatic rings. The van der Waals surface area contributed by atoms with E-state index < -0.39 is 0 Å². The summed E-state index contributed by atoms with van der Waals surface area (Å²) < 4.78 is 4.55. The lowest BCUT2D eigenvalue weighted by Gasteiger charge is -1.94. The molecular formula is C39H53N9O3. The number of aromatic nitrogens is 9. The average Bonchev–Trinajstić information content (AvgIpc) is 3.06. The zero-order valence-corrected chi connectivity index (χ0v) is 31.0. The monoisotopic (exact) mass is 695 g/mol. The van der Waals surface area contributed by atoms with Crippen LogP contribution in [0.5, 0.6) is 0 Å². The van der Waals surface area contributed by atoms with Gasteiger partial charge in [0.2, 0.25) is 5.56 Å². The molecule has 6 aromatic heterocycles. The highest BCUT2D eigenvalue weighted by molar-refractivity contribution is 5.12. The van der Waals surface area contributed by atoms with E-state index in [4.69, 9.17) is 0 Å². The van der Waals surface area contributed by atoms with E-state index in [0.717, 1.165) is 39.6 Å². The first-order valence-corrected chi connectivity index (χ1v) is 15.7. The summed E-state index contributed by atoms with van der Waals surface area (Å²) in [5, 5.41) is 0. The van der Waals surface area contributed by atoms with E-state index in [1.54, 1.807) is 74.1 Å². The predicted molar refractivity (Wildman–Crippen MR) is 206 cm³/mol. The highest BCUT2D eigenvalue weighted by Crippen LogP contribution is 1.96. The lowest BCUT2D eigenvalue weighted by Crippen LogP contribution is -2.15. The SMILES string of the molecule is C.Cc1cc(=O)n(C)cn1.Cc1ccc(=O)n(C)c1.Cc1ccn(C)c(=O)c1.Cc1ccnc(C)c1.Cc1cnc(C)nc1.Cc1cnccn1. The summed E-state index contributed by atoms with van der Waals surface area (Å²) in [6, 6.07) is 12.4. The highest BCUT2D eigenvalue weighted by atomic mass is 16.1. The fourth-order valence-corrected chi connectivity index (χ4v) is 3.45. The third kappa shape index (κ3) is 20.9. The zero-order chi connectivity index (χ0) is 37.6. The molecule has 0 saturated carbocycles. The molecule has 0 aliphatic rings. The van der Waals surface area contributed by atoms with E-state index in [1.807, 2.05) is 84.5 Å². The van der Waals surface area contributed by atoms with E-state index in [2.05, 4.69) is 42.9 Å². The smallest absolute Gasteiger partial charge is 0.253 e. The Hall–Kier alpha value is -5.91. The second-order valence-electron chi connectivity index (χ2n) is 11.4. The molecule has 0 fully saturated rings. The Morgan fingerprint density at radius 3 is 1.45 bits per heavy atom. The van der Waals surface area contributed by atoms with Crippen LogP contribution in [0.4, 0.5) is 0 Å². The van der Waals surface area contributed by atoms with Crippen molar-refractivity contribution in [2.75, 3.05) is 0 Å². The molecule has 272 valence electrons. The van der Waals surface area contributed by atoms with Crippen molar-refractivity contribution >= 4 is 0 Å². The summed E-state index contributed by atoms with van der Waals surface area (Å²) in [7, 11) is 5.16. The molecule has 12 nitrogen and oxygen atoms in total. The van der Waals surface area contributed by atoms with E-state index in [-0.39, 0.29) is 24.1 Å². The fraction of sp³-hybridized carbons (Fsp3) is 0.308. The molecule has 0 aromatic carbocycles. The number of hydrogen-bond acceptors (Lipinski definition) is 9. The molecule has 0 atom stereocenters. The van der Waals surface area contributed by atoms with Crippen molar-refractivity contribution < 1.29 is 0 Å². The van der Waals surface area contributed by atoms with Gasteiger partial charge >= 0.3 is 0 Å². The number of aryl methyl sites for hydroxylation is 11. The van der Waals surface area contributed by atoms with Crippen LogP contribution in [0.2, 0.25) is 0 Å². The van der Waals surface area contributed by atoms with E-state index >= 15 is 0 Å². The van der Waals surface area contributed by atoms with Crippen LogP contribution in [0.25, 0.3) is 0 Å². The summed E-state index contributed by atoms with van der Waals surface area (Å²) >= 11 is 0. The minimum Gasteiger partial charge on any atom is -0.319 e. The van der Waals surface area contributed by atoms with Gasteiger partial charge in [0.25, 0.3) is 11.1 Å². The van der Waals surface area contributed by atoms with Crippen LogP contribution in [0.3, 0.4) is 0 Å². The third-order valence-corrected chi connectivity index (χ3v) is 6.26. The third-order valence-electron chi connectivity index (χ3n) is 6.26. The van der Waals surface area contributed by atoms with E-state index in [0.29, 0.717) is 0 Å². The topological polar surface area (TPSA) is 143 Å². The van der Waals surface area contributed by atoms with Crippen molar-refractivity contribution in [2.45, 2.75) is 62.8 Å².